The maximum Gasteiger partial charge on any atom is 0.0485 e. The van der Waals surface area contributed by atoms with Gasteiger partial charge in [0.05, 0.1) is 0 Å². The first kappa shape index (κ1) is 12.2. The quantitative estimate of drug-likeness (QED) is 0.781. The Hall–Kier alpha value is -1.28. The number of hydrogen-bond donors (Lipinski definition) is 1. The van der Waals surface area contributed by atoms with E-state index in [9.17, 15) is 0 Å². The van der Waals surface area contributed by atoms with E-state index in [1.54, 1.807) is 0 Å². The predicted octanol–water partition coefficient (Wildman–Crippen LogP) is 3.12. The van der Waals surface area contributed by atoms with Crippen molar-refractivity contribution in [2.45, 2.75) is 33.2 Å². The summed E-state index contributed by atoms with van der Waals surface area (Å²) in [5, 5.41) is 4.59. The molecule has 0 spiro atoms. The number of rotatable bonds is 5. The topological polar surface area (TPSA) is 17.0 Å². The Morgan fingerprint density at radius 2 is 2.12 bits per heavy atom. The van der Waals surface area contributed by atoms with Crippen molar-refractivity contribution >= 4 is 10.9 Å². The van der Waals surface area contributed by atoms with Crippen molar-refractivity contribution < 1.29 is 0 Å². The molecule has 0 bridgehead atoms. The number of aromatic nitrogens is 1. The van der Waals surface area contributed by atoms with Gasteiger partial charge in [-0.05, 0) is 57.5 Å². The van der Waals surface area contributed by atoms with Crippen LogP contribution < -0.4 is 5.32 Å². The molecular formula is C15H22N2. The normalized spacial score (nSPS) is 11.2. The molecule has 0 saturated carbocycles. The van der Waals surface area contributed by atoms with E-state index in [4.69, 9.17) is 0 Å². The lowest BCUT2D eigenvalue weighted by atomic mass is 10.1. The van der Waals surface area contributed by atoms with Gasteiger partial charge in [-0.3, -0.25) is 0 Å². The van der Waals surface area contributed by atoms with Crippen molar-refractivity contribution in [3.05, 3.63) is 35.5 Å². The van der Waals surface area contributed by atoms with E-state index in [2.05, 4.69) is 48.1 Å². The third-order valence-corrected chi connectivity index (χ3v) is 3.38. The Bertz CT molecular complexity index is 497. The Labute approximate surface area is 104 Å². The van der Waals surface area contributed by atoms with Crippen LogP contribution >= 0.6 is 0 Å². The van der Waals surface area contributed by atoms with Crippen molar-refractivity contribution in [2.24, 2.45) is 0 Å². The molecule has 92 valence electrons. The highest BCUT2D eigenvalue weighted by Gasteiger charge is 2.05. The predicted molar refractivity (Wildman–Crippen MR) is 74.6 cm³/mol. The Kier molecular flexibility index (Phi) is 3.85. The summed E-state index contributed by atoms with van der Waals surface area (Å²) in [5.41, 5.74) is 4.20. The summed E-state index contributed by atoms with van der Waals surface area (Å²) in [7, 11) is 2.01. The number of benzene rings is 1. The molecule has 1 N–H and O–H groups in total. The van der Waals surface area contributed by atoms with Crippen molar-refractivity contribution in [3.63, 3.8) is 0 Å². The van der Waals surface area contributed by atoms with Crippen LogP contribution in [0, 0.1) is 6.92 Å². The maximum atomic E-state index is 3.20. The van der Waals surface area contributed by atoms with E-state index in [0.717, 1.165) is 19.5 Å². The van der Waals surface area contributed by atoms with Crippen molar-refractivity contribution in [3.8, 4) is 0 Å². The summed E-state index contributed by atoms with van der Waals surface area (Å²) in [6.07, 6.45) is 4.61. The Balaban J connectivity index is 2.29. The zero-order valence-corrected chi connectivity index (χ0v) is 11.1. The van der Waals surface area contributed by atoms with Gasteiger partial charge in [0.15, 0.2) is 0 Å². The van der Waals surface area contributed by atoms with Crippen LogP contribution in [-0.4, -0.2) is 18.2 Å². The Morgan fingerprint density at radius 1 is 1.29 bits per heavy atom. The molecule has 1 aromatic heterocycles. The van der Waals surface area contributed by atoms with Crippen LogP contribution in [0.25, 0.3) is 10.9 Å². The molecule has 0 atom stereocenters. The van der Waals surface area contributed by atoms with Gasteiger partial charge >= 0.3 is 0 Å². The molecule has 0 saturated heterocycles. The molecule has 0 aliphatic rings. The molecule has 0 aliphatic carbocycles. The fraction of sp³-hybridized carbons (Fsp3) is 0.467. The lowest BCUT2D eigenvalue weighted by Gasteiger charge is -2.04. The third-order valence-electron chi connectivity index (χ3n) is 3.38. The molecule has 17 heavy (non-hydrogen) atoms. The van der Waals surface area contributed by atoms with E-state index in [0.29, 0.717) is 0 Å². The molecule has 0 unspecified atom stereocenters. The highest BCUT2D eigenvalue weighted by atomic mass is 14.9. The van der Waals surface area contributed by atoms with Crippen LogP contribution in [0.15, 0.2) is 24.4 Å². The second-order valence-electron chi connectivity index (χ2n) is 4.66. The maximum absolute atomic E-state index is 3.20. The number of fused-ring (bicyclic) bond motifs is 1. The summed E-state index contributed by atoms with van der Waals surface area (Å²) in [5.74, 6) is 0. The minimum atomic E-state index is 1.05. The van der Waals surface area contributed by atoms with E-state index in [1.807, 2.05) is 7.05 Å². The van der Waals surface area contributed by atoms with Crippen LogP contribution in [0.1, 0.15) is 24.5 Å². The molecule has 0 fully saturated rings. The SMILES string of the molecule is CCn1cc(C)c2ccc(CCCNC)cc21. The molecule has 2 nitrogen and oxygen atoms in total. The average Bonchev–Trinajstić information content (AvgIpc) is 2.66. The van der Waals surface area contributed by atoms with Gasteiger partial charge in [0.25, 0.3) is 0 Å². The summed E-state index contributed by atoms with van der Waals surface area (Å²) in [6.45, 7) is 6.53. The lowest BCUT2D eigenvalue weighted by molar-refractivity contribution is 0.724. The average molecular weight is 230 g/mol. The number of hydrogen-bond acceptors (Lipinski definition) is 1. The zero-order valence-electron chi connectivity index (χ0n) is 11.1. The molecule has 2 aromatic rings. The number of nitrogens with one attached hydrogen (secondary N) is 1. The molecule has 1 heterocycles. The lowest BCUT2D eigenvalue weighted by Crippen LogP contribution is -2.08. The van der Waals surface area contributed by atoms with Gasteiger partial charge in [0.1, 0.15) is 0 Å². The van der Waals surface area contributed by atoms with Gasteiger partial charge in [0, 0.05) is 23.6 Å². The highest BCUT2D eigenvalue weighted by molar-refractivity contribution is 5.84. The van der Waals surface area contributed by atoms with Gasteiger partial charge in [-0.1, -0.05) is 12.1 Å². The molecule has 0 aliphatic heterocycles. The van der Waals surface area contributed by atoms with Crippen LogP contribution in [0.4, 0.5) is 0 Å². The van der Waals surface area contributed by atoms with Crippen LogP contribution in [0.5, 0.6) is 0 Å². The van der Waals surface area contributed by atoms with Gasteiger partial charge in [-0.25, -0.2) is 0 Å². The number of nitrogens with zero attached hydrogens (tertiary/aromatic N) is 1. The van der Waals surface area contributed by atoms with Gasteiger partial charge in [0.2, 0.25) is 0 Å². The van der Waals surface area contributed by atoms with Gasteiger partial charge < -0.3 is 9.88 Å². The second-order valence-corrected chi connectivity index (χ2v) is 4.66. The van der Waals surface area contributed by atoms with E-state index < -0.39 is 0 Å². The molecule has 0 amide bonds. The van der Waals surface area contributed by atoms with Crippen LogP contribution in [-0.2, 0) is 13.0 Å². The molecule has 2 heteroatoms. The van der Waals surface area contributed by atoms with Crippen LogP contribution in [0.2, 0.25) is 0 Å². The minimum absolute atomic E-state index is 1.05. The zero-order chi connectivity index (χ0) is 12.3. The van der Waals surface area contributed by atoms with Crippen molar-refractivity contribution in [1.82, 2.24) is 9.88 Å². The standard InChI is InChI=1S/C15H22N2/c1-4-17-11-12(2)14-8-7-13(10-15(14)17)6-5-9-16-3/h7-8,10-11,16H,4-6,9H2,1-3H3. The highest BCUT2D eigenvalue weighted by Crippen LogP contribution is 2.22. The van der Waals surface area contributed by atoms with Crippen LogP contribution in [0.3, 0.4) is 0 Å². The van der Waals surface area contributed by atoms with Crippen molar-refractivity contribution in [2.75, 3.05) is 13.6 Å². The molecule has 2 rings (SSSR count). The summed E-state index contributed by atoms with van der Waals surface area (Å²) in [6, 6.07) is 6.89. The first-order chi connectivity index (χ1) is 8.26. The monoisotopic (exact) mass is 230 g/mol. The fourth-order valence-electron chi connectivity index (χ4n) is 2.41. The molecular weight excluding hydrogens is 208 g/mol. The molecule has 1 aromatic carbocycles. The smallest absolute Gasteiger partial charge is 0.0485 e. The Morgan fingerprint density at radius 3 is 2.82 bits per heavy atom. The van der Waals surface area contributed by atoms with E-state index >= 15 is 0 Å². The van der Waals surface area contributed by atoms with Gasteiger partial charge in [-0.2, -0.15) is 0 Å². The third kappa shape index (κ3) is 2.52. The van der Waals surface area contributed by atoms with E-state index in [1.165, 1.54) is 28.5 Å². The summed E-state index contributed by atoms with van der Waals surface area (Å²) in [4.78, 5) is 0. The minimum Gasteiger partial charge on any atom is -0.347 e. The first-order valence-corrected chi connectivity index (χ1v) is 6.49. The largest absolute Gasteiger partial charge is 0.347 e. The van der Waals surface area contributed by atoms with Crippen molar-refractivity contribution in [1.29, 1.82) is 0 Å². The fourth-order valence-corrected chi connectivity index (χ4v) is 2.41. The second kappa shape index (κ2) is 5.37. The number of aryl methyl sites for hydroxylation is 3. The first-order valence-electron chi connectivity index (χ1n) is 6.49. The van der Waals surface area contributed by atoms with E-state index in [-0.39, 0.29) is 0 Å². The molecule has 0 radical (unpaired) electrons. The summed E-state index contributed by atoms with van der Waals surface area (Å²) < 4.78 is 2.34. The summed E-state index contributed by atoms with van der Waals surface area (Å²) >= 11 is 0. The van der Waals surface area contributed by atoms with Gasteiger partial charge in [-0.15, -0.1) is 0 Å².